The molecule has 0 aromatic rings. The number of rotatable bonds is 4. The summed E-state index contributed by atoms with van der Waals surface area (Å²) in [6.45, 7) is 13.7. The van der Waals surface area contributed by atoms with Gasteiger partial charge in [-0.2, -0.15) is 0 Å². The fourth-order valence-corrected chi connectivity index (χ4v) is 5.29. The van der Waals surface area contributed by atoms with E-state index in [0.29, 0.717) is 13.0 Å². The Morgan fingerprint density at radius 1 is 1.22 bits per heavy atom. The summed E-state index contributed by atoms with van der Waals surface area (Å²) in [6.07, 6.45) is 2.37. The maximum atomic E-state index is 12.3. The number of ether oxygens (including phenoxy) is 1. The monoisotopic (exact) mass is 339 g/mol. The van der Waals surface area contributed by atoms with Crippen LogP contribution in [0.25, 0.3) is 0 Å². The average molecular weight is 340 g/mol. The van der Waals surface area contributed by atoms with Crippen molar-refractivity contribution in [3.8, 4) is 0 Å². The zero-order valence-corrected chi connectivity index (χ0v) is 16.1. The standard InChI is InChI=1S/C17H29NO4Si/c1-15(2,3)23(5,6)21-10-9-17-8-7-16(4,22-17)11-12(17)14(20)18-13(11)19/h11-12H,7-10H2,1-6H3,(H,18,19,20)/t11-,12+,16?,17?/m1/s1. The summed E-state index contributed by atoms with van der Waals surface area (Å²) in [4.78, 5) is 24.4. The van der Waals surface area contributed by atoms with Crippen molar-refractivity contribution in [3.05, 3.63) is 0 Å². The van der Waals surface area contributed by atoms with Gasteiger partial charge in [0.25, 0.3) is 0 Å². The van der Waals surface area contributed by atoms with E-state index in [4.69, 9.17) is 9.16 Å². The lowest BCUT2D eigenvalue weighted by Gasteiger charge is -2.38. The van der Waals surface area contributed by atoms with Crippen LogP contribution in [0.1, 0.15) is 47.0 Å². The van der Waals surface area contributed by atoms with Crippen molar-refractivity contribution in [2.24, 2.45) is 11.8 Å². The van der Waals surface area contributed by atoms with Crippen LogP contribution in [-0.4, -0.2) is 37.9 Å². The molecule has 5 nitrogen and oxygen atoms in total. The first-order chi connectivity index (χ1) is 10.4. The molecule has 3 fully saturated rings. The lowest BCUT2D eigenvalue weighted by molar-refractivity contribution is -0.134. The van der Waals surface area contributed by atoms with Gasteiger partial charge in [-0.1, -0.05) is 20.8 Å². The van der Waals surface area contributed by atoms with Gasteiger partial charge in [-0.25, -0.2) is 0 Å². The van der Waals surface area contributed by atoms with E-state index in [2.05, 4.69) is 39.2 Å². The van der Waals surface area contributed by atoms with Crippen LogP contribution in [-0.2, 0) is 18.8 Å². The molecule has 2 bridgehead atoms. The van der Waals surface area contributed by atoms with E-state index in [1.165, 1.54) is 0 Å². The van der Waals surface area contributed by atoms with Crippen LogP contribution in [0.15, 0.2) is 0 Å². The van der Waals surface area contributed by atoms with Gasteiger partial charge in [0, 0.05) is 6.61 Å². The van der Waals surface area contributed by atoms with E-state index in [9.17, 15) is 9.59 Å². The number of hydrogen-bond donors (Lipinski definition) is 1. The molecule has 2 amide bonds. The molecular formula is C17H29NO4Si. The molecule has 130 valence electrons. The second-order valence-corrected chi connectivity index (χ2v) is 14.0. The molecule has 3 heterocycles. The maximum absolute atomic E-state index is 12.3. The molecule has 3 saturated heterocycles. The van der Waals surface area contributed by atoms with Crippen LogP contribution in [0, 0.1) is 11.8 Å². The number of carbonyl (C=O) groups is 2. The molecule has 0 radical (unpaired) electrons. The third-order valence-electron chi connectivity index (χ3n) is 6.64. The van der Waals surface area contributed by atoms with Crippen LogP contribution in [0.4, 0.5) is 0 Å². The summed E-state index contributed by atoms with van der Waals surface area (Å²) < 4.78 is 12.6. The van der Waals surface area contributed by atoms with Crippen molar-refractivity contribution in [3.63, 3.8) is 0 Å². The minimum atomic E-state index is -1.81. The Morgan fingerprint density at radius 2 is 1.83 bits per heavy atom. The van der Waals surface area contributed by atoms with Gasteiger partial charge in [-0.05, 0) is 44.3 Å². The first-order valence-corrected chi connectivity index (χ1v) is 11.5. The zero-order valence-electron chi connectivity index (χ0n) is 15.1. The van der Waals surface area contributed by atoms with Gasteiger partial charge in [0.15, 0.2) is 8.32 Å². The molecule has 0 aliphatic carbocycles. The van der Waals surface area contributed by atoms with Crippen molar-refractivity contribution >= 4 is 20.1 Å². The lowest BCUT2D eigenvalue weighted by atomic mass is 9.67. The lowest BCUT2D eigenvalue weighted by Crippen LogP contribution is -2.45. The van der Waals surface area contributed by atoms with Gasteiger partial charge < -0.3 is 9.16 Å². The Bertz CT molecular complexity index is 555. The molecule has 0 spiro atoms. The summed E-state index contributed by atoms with van der Waals surface area (Å²) in [7, 11) is -1.81. The predicted molar refractivity (Wildman–Crippen MR) is 89.4 cm³/mol. The highest BCUT2D eigenvalue weighted by atomic mass is 28.4. The van der Waals surface area contributed by atoms with Crippen molar-refractivity contribution in [2.75, 3.05) is 6.61 Å². The third-order valence-corrected chi connectivity index (χ3v) is 11.2. The average Bonchev–Trinajstić information content (AvgIpc) is 2.96. The maximum Gasteiger partial charge on any atom is 0.233 e. The fraction of sp³-hybridized carbons (Fsp3) is 0.882. The van der Waals surface area contributed by atoms with Crippen LogP contribution in [0.2, 0.25) is 18.1 Å². The van der Waals surface area contributed by atoms with E-state index in [0.717, 1.165) is 12.8 Å². The first-order valence-electron chi connectivity index (χ1n) is 8.61. The molecule has 0 aromatic carbocycles. The van der Waals surface area contributed by atoms with E-state index >= 15 is 0 Å². The van der Waals surface area contributed by atoms with Gasteiger partial charge in [-0.3, -0.25) is 14.9 Å². The number of amides is 2. The molecule has 3 aliphatic rings. The zero-order chi connectivity index (χ0) is 17.3. The normalized spacial score (nSPS) is 39.7. The Kier molecular flexibility index (Phi) is 3.64. The van der Waals surface area contributed by atoms with Crippen LogP contribution in [0.3, 0.4) is 0 Å². The second kappa shape index (κ2) is 4.89. The van der Waals surface area contributed by atoms with Gasteiger partial charge in [0.2, 0.25) is 11.8 Å². The minimum Gasteiger partial charge on any atom is -0.417 e. The van der Waals surface area contributed by atoms with Crippen molar-refractivity contribution in [1.82, 2.24) is 5.32 Å². The topological polar surface area (TPSA) is 64.6 Å². The number of nitrogens with one attached hydrogen (secondary N) is 1. The molecule has 1 N–H and O–H groups in total. The Hall–Kier alpha value is -0.723. The molecule has 2 unspecified atom stereocenters. The smallest absolute Gasteiger partial charge is 0.233 e. The van der Waals surface area contributed by atoms with Crippen LogP contribution >= 0.6 is 0 Å². The summed E-state index contributed by atoms with van der Waals surface area (Å²) in [6, 6.07) is 0. The van der Waals surface area contributed by atoms with Gasteiger partial charge >= 0.3 is 0 Å². The highest BCUT2D eigenvalue weighted by Crippen LogP contribution is 2.60. The molecular weight excluding hydrogens is 310 g/mol. The third kappa shape index (κ3) is 2.41. The Balaban J connectivity index is 1.73. The summed E-state index contributed by atoms with van der Waals surface area (Å²) in [5, 5.41) is 2.67. The van der Waals surface area contributed by atoms with E-state index in [1.54, 1.807) is 0 Å². The van der Waals surface area contributed by atoms with Gasteiger partial charge in [0.1, 0.15) is 0 Å². The number of imide groups is 1. The quantitative estimate of drug-likeness (QED) is 0.632. The number of carbonyl (C=O) groups excluding carboxylic acids is 2. The SMILES string of the molecule is CC12CCC(CCO[Si](C)(C)C(C)(C)C)(O1)[C@@H]1C(=O)NC(=O)[C@@H]12. The van der Waals surface area contributed by atoms with E-state index in [1.807, 2.05) is 6.92 Å². The molecule has 6 heteroatoms. The first kappa shape index (κ1) is 17.1. The highest BCUT2D eigenvalue weighted by Gasteiger charge is 2.71. The summed E-state index contributed by atoms with van der Waals surface area (Å²) in [5.41, 5.74) is -1.00. The molecule has 4 atom stereocenters. The van der Waals surface area contributed by atoms with Gasteiger partial charge in [0.05, 0.1) is 23.0 Å². The molecule has 3 rings (SSSR count). The summed E-state index contributed by atoms with van der Waals surface area (Å²) in [5.74, 6) is -0.974. The second-order valence-electron chi connectivity index (χ2n) is 9.15. The largest absolute Gasteiger partial charge is 0.417 e. The molecule has 3 aliphatic heterocycles. The van der Waals surface area contributed by atoms with Gasteiger partial charge in [-0.15, -0.1) is 0 Å². The van der Waals surface area contributed by atoms with Crippen molar-refractivity contribution < 1.29 is 18.8 Å². The van der Waals surface area contributed by atoms with Crippen molar-refractivity contribution in [1.29, 1.82) is 0 Å². The Morgan fingerprint density at radius 3 is 2.43 bits per heavy atom. The van der Waals surface area contributed by atoms with E-state index < -0.39 is 19.5 Å². The minimum absolute atomic E-state index is 0.157. The molecule has 23 heavy (non-hydrogen) atoms. The summed E-state index contributed by atoms with van der Waals surface area (Å²) >= 11 is 0. The number of fused-ring (bicyclic) bond motifs is 5. The molecule has 0 aromatic heterocycles. The molecule has 0 saturated carbocycles. The van der Waals surface area contributed by atoms with Crippen LogP contribution < -0.4 is 5.32 Å². The predicted octanol–water partition coefficient (Wildman–Crippen LogP) is 2.61. The fourth-order valence-electron chi connectivity index (χ4n) is 4.24. The number of hydrogen-bond acceptors (Lipinski definition) is 4. The van der Waals surface area contributed by atoms with E-state index in [-0.39, 0.29) is 28.7 Å². The Labute approximate surface area is 139 Å². The highest BCUT2D eigenvalue weighted by molar-refractivity contribution is 6.74. The van der Waals surface area contributed by atoms with Crippen molar-refractivity contribution in [2.45, 2.75) is 76.3 Å². The van der Waals surface area contributed by atoms with Crippen LogP contribution in [0.5, 0.6) is 0 Å².